The molecule has 1 fully saturated rings. The lowest BCUT2D eigenvalue weighted by atomic mass is 10.0. The highest BCUT2D eigenvalue weighted by atomic mass is 32.2. The van der Waals surface area contributed by atoms with Crippen LogP contribution in [-0.4, -0.2) is 44.0 Å². The van der Waals surface area contributed by atoms with E-state index in [1.807, 2.05) is 0 Å². The minimum atomic E-state index is -1.05. The first-order valence-electron chi connectivity index (χ1n) is 11.0. The van der Waals surface area contributed by atoms with Gasteiger partial charge in [-0.25, -0.2) is 4.39 Å². The van der Waals surface area contributed by atoms with E-state index in [-0.39, 0.29) is 30.2 Å². The maximum Gasteiger partial charge on any atom is 0.249 e. The lowest BCUT2D eigenvalue weighted by molar-refractivity contribution is -0.132. The summed E-state index contributed by atoms with van der Waals surface area (Å²) >= 11 is 0. The highest BCUT2D eigenvalue weighted by molar-refractivity contribution is 7.84. The molecule has 3 atom stereocenters. The van der Waals surface area contributed by atoms with E-state index in [1.54, 1.807) is 53.6 Å². The fourth-order valence-corrected chi connectivity index (χ4v) is 4.63. The van der Waals surface area contributed by atoms with Crippen molar-refractivity contribution >= 4 is 16.7 Å². The van der Waals surface area contributed by atoms with Gasteiger partial charge in [-0.2, -0.15) is 4.98 Å². The van der Waals surface area contributed by atoms with Crippen molar-refractivity contribution in [1.29, 1.82) is 0 Å². The maximum atomic E-state index is 13.8. The van der Waals surface area contributed by atoms with E-state index >= 15 is 0 Å². The van der Waals surface area contributed by atoms with Gasteiger partial charge in [0.15, 0.2) is 0 Å². The highest BCUT2D eigenvalue weighted by Gasteiger charge is 2.34. The molecule has 9 heteroatoms. The van der Waals surface area contributed by atoms with Crippen LogP contribution in [-0.2, 0) is 22.0 Å². The van der Waals surface area contributed by atoms with Crippen LogP contribution in [0, 0.1) is 5.82 Å². The zero-order valence-electron chi connectivity index (χ0n) is 18.4. The predicted octanol–water partition coefficient (Wildman–Crippen LogP) is 3.63. The lowest BCUT2D eigenvalue weighted by Gasteiger charge is -2.22. The van der Waals surface area contributed by atoms with Crippen LogP contribution in [0.1, 0.15) is 43.2 Å². The molecule has 2 heterocycles. The zero-order valence-corrected chi connectivity index (χ0v) is 19.3. The number of carbonyl (C=O) groups is 1. The quantitative estimate of drug-likeness (QED) is 0.539. The largest absolute Gasteiger partial charge is 0.337 e. The Labute approximate surface area is 194 Å². The summed E-state index contributed by atoms with van der Waals surface area (Å²) in [5.74, 6) is 0.555. The smallest absolute Gasteiger partial charge is 0.249 e. The van der Waals surface area contributed by atoms with Gasteiger partial charge in [0, 0.05) is 46.5 Å². The third kappa shape index (κ3) is 5.54. The molecule has 0 bridgehead atoms. The predicted molar refractivity (Wildman–Crippen MR) is 123 cm³/mol. The molecule has 174 valence electrons. The normalized spacial score (nSPS) is 17.8. The minimum Gasteiger partial charge on any atom is -0.337 e. The lowest BCUT2D eigenvalue weighted by Crippen LogP contribution is -2.32. The average Bonchev–Trinajstić information content (AvgIpc) is 3.49. The van der Waals surface area contributed by atoms with E-state index in [9.17, 15) is 13.4 Å². The Bertz CT molecular complexity index is 1130. The number of aromatic nitrogens is 2. The van der Waals surface area contributed by atoms with Gasteiger partial charge in [0.05, 0.1) is 0 Å². The minimum absolute atomic E-state index is 0.0176. The van der Waals surface area contributed by atoms with Crippen molar-refractivity contribution in [2.24, 2.45) is 5.73 Å². The Morgan fingerprint density at radius 2 is 2.03 bits per heavy atom. The second-order valence-electron chi connectivity index (χ2n) is 8.27. The standard InChI is InChI=1S/C24H27FN4O3S/c1-33(31)19-11-8-16(9-12-19)23-27-24(32-28-23)21-7-4-14-29(21)22(30)13-10-18(26)15-17-5-2-3-6-20(17)25/h2-3,5-6,8-9,11-12,18,21H,4,7,10,13-15,26H2,1H3/t18?,21-,33?/m0/s1. The molecule has 2 unspecified atom stereocenters. The molecule has 3 aromatic rings. The van der Waals surface area contributed by atoms with Gasteiger partial charge in [-0.15, -0.1) is 0 Å². The van der Waals surface area contributed by atoms with Crippen molar-refractivity contribution < 1.29 is 17.9 Å². The molecule has 4 rings (SSSR count). The van der Waals surface area contributed by atoms with Crippen LogP contribution < -0.4 is 5.73 Å². The van der Waals surface area contributed by atoms with Gasteiger partial charge < -0.3 is 15.2 Å². The number of hydrogen-bond donors (Lipinski definition) is 1. The van der Waals surface area contributed by atoms with Crippen molar-refractivity contribution in [3.8, 4) is 11.4 Å². The van der Waals surface area contributed by atoms with Crippen LogP contribution in [0.15, 0.2) is 57.9 Å². The third-order valence-electron chi connectivity index (χ3n) is 5.91. The van der Waals surface area contributed by atoms with E-state index in [4.69, 9.17) is 10.3 Å². The first-order valence-corrected chi connectivity index (χ1v) is 12.5. The molecular formula is C24H27FN4O3S. The Morgan fingerprint density at radius 1 is 1.27 bits per heavy atom. The second kappa shape index (κ2) is 10.4. The summed E-state index contributed by atoms with van der Waals surface area (Å²) in [6.07, 6.45) is 4.37. The number of benzene rings is 2. The zero-order chi connectivity index (χ0) is 23.4. The Hall–Kier alpha value is -2.91. The van der Waals surface area contributed by atoms with Crippen LogP contribution in [0.3, 0.4) is 0 Å². The van der Waals surface area contributed by atoms with Crippen LogP contribution in [0.25, 0.3) is 11.4 Å². The molecule has 1 saturated heterocycles. The van der Waals surface area contributed by atoms with Gasteiger partial charge >= 0.3 is 0 Å². The number of rotatable bonds is 8. The van der Waals surface area contributed by atoms with Crippen molar-refractivity contribution in [3.63, 3.8) is 0 Å². The molecule has 1 aromatic heterocycles. The van der Waals surface area contributed by atoms with E-state index < -0.39 is 10.8 Å². The van der Waals surface area contributed by atoms with E-state index in [1.165, 1.54) is 6.07 Å². The van der Waals surface area contributed by atoms with E-state index in [0.717, 1.165) is 23.3 Å². The monoisotopic (exact) mass is 470 g/mol. The van der Waals surface area contributed by atoms with E-state index in [2.05, 4.69) is 10.1 Å². The van der Waals surface area contributed by atoms with Crippen LogP contribution in [0.2, 0.25) is 0 Å². The fraction of sp³-hybridized carbons (Fsp3) is 0.375. The molecule has 0 radical (unpaired) electrons. The van der Waals surface area contributed by atoms with Crippen LogP contribution in [0.4, 0.5) is 4.39 Å². The number of hydrogen-bond acceptors (Lipinski definition) is 6. The molecule has 33 heavy (non-hydrogen) atoms. The topological polar surface area (TPSA) is 102 Å². The molecule has 7 nitrogen and oxygen atoms in total. The summed E-state index contributed by atoms with van der Waals surface area (Å²) in [5.41, 5.74) is 7.49. The maximum absolute atomic E-state index is 13.8. The Balaban J connectivity index is 1.37. The first-order chi connectivity index (χ1) is 15.9. The van der Waals surface area contributed by atoms with Gasteiger partial charge in [-0.3, -0.25) is 9.00 Å². The molecule has 2 aromatic carbocycles. The number of likely N-dealkylation sites (tertiary alicyclic amines) is 1. The van der Waals surface area contributed by atoms with Crippen molar-refractivity contribution in [2.75, 3.05) is 12.8 Å². The van der Waals surface area contributed by atoms with Gasteiger partial charge in [-0.05, 0) is 61.6 Å². The molecule has 0 saturated carbocycles. The number of carbonyl (C=O) groups excluding carboxylic acids is 1. The summed E-state index contributed by atoms with van der Waals surface area (Å²) < 4.78 is 30.9. The first kappa shape index (κ1) is 23.3. The summed E-state index contributed by atoms with van der Waals surface area (Å²) in [5, 5.41) is 4.07. The van der Waals surface area contributed by atoms with Gasteiger partial charge in [-0.1, -0.05) is 23.4 Å². The summed E-state index contributed by atoms with van der Waals surface area (Å²) in [6, 6.07) is 13.2. The van der Waals surface area contributed by atoms with E-state index in [0.29, 0.717) is 36.7 Å². The molecule has 0 aliphatic carbocycles. The number of amides is 1. The van der Waals surface area contributed by atoms with Gasteiger partial charge in [0.25, 0.3) is 0 Å². The number of nitrogens with two attached hydrogens (primary N) is 1. The van der Waals surface area contributed by atoms with Crippen molar-refractivity contribution in [2.45, 2.75) is 49.1 Å². The number of nitrogens with zero attached hydrogens (tertiary/aromatic N) is 3. The molecule has 1 amide bonds. The van der Waals surface area contributed by atoms with Crippen LogP contribution in [0.5, 0.6) is 0 Å². The molecule has 1 aliphatic heterocycles. The van der Waals surface area contributed by atoms with Crippen LogP contribution >= 0.6 is 0 Å². The Kier molecular flexibility index (Phi) is 7.29. The molecule has 0 spiro atoms. The summed E-state index contributed by atoms with van der Waals surface area (Å²) in [6.45, 7) is 0.626. The number of halogens is 1. The van der Waals surface area contributed by atoms with Gasteiger partial charge in [0.1, 0.15) is 11.9 Å². The fourth-order valence-electron chi connectivity index (χ4n) is 4.11. The average molecular weight is 471 g/mol. The summed E-state index contributed by atoms with van der Waals surface area (Å²) in [7, 11) is -1.05. The second-order valence-corrected chi connectivity index (χ2v) is 9.65. The molecule has 2 N–H and O–H groups in total. The molecular weight excluding hydrogens is 443 g/mol. The SMILES string of the molecule is CS(=O)c1ccc(-c2noc([C@@H]3CCCN3C(=O)CCC(N)Cc3ccccc3F)n2)cc1. The van der Waals surface area contributed by atoms with Gasteiger partial charge in [0.2, 0.25) is 17.6 Å². The summed E-state index contributed by atoms with van der Waals surface area (Å²) in [4.78, 5) is 19.9. The molecule has 1 aliphatic rings. The third-order valence-corrected chi connectivity index (χ3v) is 6.85. The van der Waals surface area contributed by atoms with Crippen molar-refractivity contribution in [1.82, 2.24) is 15.0 Å². The Morgan fingerprint density at radius 3 is 2.76 bits per heavy atom. The highest BCUT2D eigenvalue weighted by Crippen LogP contribution is 2.33. The van der Waals surface area contributed by atoms with Crippen molar-refractivity contribution in [3.05, 3.63) is 65.8 Å².